The number of carbonyl (C=O) groups excluding carboxylic acids is 1. The lowest BCUT2D eigenvalue weighted by Gasteiger charge is -2.26. The molecule has 0 aromatic heterocycles. The number of nitrogens with one attached hydrogen (secondary N) is 1. The topological polar surface area (TPSA) is 73.6 Å². The second kappa shape index (κ2) is 8.87. The molecule has 1 amide bonds. The summed E-state index contributed by atoms with van der Waals surface area (Å²) in [6.07, 6.45) is 1.48. The van der Waals surface area contributed by atoms with Crippen molar-refractivity contribution in [1.29, 1.82) is 0 Å². The fourth-order valence-electron chi connectivity index (χ4n) is 2.26. The molecule has 3 N–H and O–H groups in total. The van der Waals surface area contributed by atoms with Gasteiger partial charge in [0.25, 0.3) is 0 Å². The quantitative estimate of drug-likeness (QED) is 0.866. The maximum absolute atomic E-state index is 12.1. The van der Waals surface area contributed by atoms with Crippen molar-refractivity contribution < 1.29 is 23.0 Å². The standard InChI is InChI=1S/C14H18F2N2O3.ClH/c15-14(16)21-11-3-1-2-10(8-11)18-13(19)12(17)9-4-6-20-7-5-9;/h1-3,8-9,12,14H,4-7,17H2,(H,18,19);1H. The van der Waals surface area contributed by atoms with Crippen LogP contribution in [-0.4, -0.2) is 31.8 Å². The average Bonchev–Trinajstić information content (AvgIpc) is 2.47. The molecule has 1 fully saturated rings. The molecule has 1 aliphatic rings. The molecule has 1 aromatic carbocycles. The Bertz CT molecular complexity index is 485. The number of hydrogen-bond acceptors (Lipinski definition) is 4. The smallest absolute Gasteiger partial charge is 0.387 e. The second-order valence-electron chi connectivity index (χ2n) is 4.87. The molecule has 0 aliphatic carbocycles. The Morgan fingerprint density at radius 3 is 2.68 bits per heavy atom. The minimum absolute atomic E-state index is 0. The number of amides is 1. The van der Waals surface area contributed by atoms with Gasteiger partial charge >= 0.3 is 6.61 Å². The van der Waals surface area contributed by atoms with Gasteiger partial charge in [-0.25, -0.2) is 0 Å². The van der Waals surface area contributed by atoms with Crippen LogP contribution in [0.5, 0.6) is 5.75 Å². The molecule has 1 saturated heterocycles. The lowest BCUT2D eigenvalue weighted by Crippen LogP contribution is -2.44. The van der Waals surface area contributed by atoms with Gasteiger partial charge in [-0.2, -0.15) is 8.78 Å². The Morgan fingerprint density at radius 1 is 1.36 bits per heavy atom. The van der Waals surface area contributed by atoms with Crippen LogP contribution < -0.4 is 15.8 Å². The van der Waals surface area contributed by atoms with Crippen molar-refractivity contribution in [2.24, 2.45) is 11.7 Å². The van der Waals surface area contributed by atoms with Gasteiger partial charge in [0.05, 0.1) is 6.04 Å². The Hall–Kier alpha value is -1.44. The third-order valence-electron chi connectivity index (χ3n) is 3.40. The minimum atomic E-state index is -2.90. The Kier molecular flexibility index (Phi) is 7.50. The third-order valence-corrected chi connectivity index (χ3v) is 3.40. The number of alkyl halides is 2. The van der Waals surface area contributed by atoms with Crippen LogP contribution in [0.2, 0.25) is 0 Å². The summed E-state index contributed by atoms with van der Waals surface area (Å²) in [4.78, 5) is 12.1. The Labute approximate surface area is 133 Å². The summed E-state index contributed by atoms with van der Waals surface area (Å²) in [6, 6.07) is 5.19. The zero-order chi connectivity index (χ0) is 15.2. The number of benzene rings is 1. The molecule has 1 atom stereocenters. The molecule has 124 valence electrons. The molecule has 0 radical (unpaired) electrons. The molecule has 1 aliphatic heterocycles. The maximum atomic E-state index is 12.1. The predicted octanol–water partition coefficient (Wildman–Crippen LogP) is 2.40. The van der Waals surface area contributed by atoms with E-state index in [0.29, 0.717) is 18.9 Å². The van der Waals surface area contributed by atoms with Crippen LogP contribution in [0.4, 0.5) is 14.5 Å². The first-order valence-electron chi connectivity index (χ1n) is 6.75. The average molecular weight is 337 g/mol. The first kappa shape index (κ1) is 18.6. The number of nitrogens with two attached hydrogens (primary N) is 1. The molecular formula is C14H19ClF2N2O3. The number of hydrogen-bond donors (Lipinski definition) is 2. The normalized spacial score (nSPS) is 16.7. The van der Waals surface area contributed by atoms with Crippen LogP contribution in [0, 0.1) is 5.92 Å². The van der Waals surface area contributed by atoms with Gasteiger partial charge in [-0.05, 0) is 30.9 Å². The molecule has 2 rings (SSSR count). The van der Waals surface area contributed by atoms with Gasteiger partial charge in [0, 0.05) is 25.0 Å². The van der Waals surface area contributed by atoms with Gasteiger partial charge in [0.2, 0.25) is 5.91 Å². The van der Waals surface area contributed by atoms with Crippen molar-refractivity contribution in [2.45, 2.75) is 25.5 Å². The van der Waals surface area contributed by atoms with Crippen molar-refractivity contribution in [3.05, 3.63) is 24.3 Å². The van der Waals surface area contributed by atoms with Crippen molar-refractivity contribution in [3.63, 3.8) is 0 Å². The van der Waals surface area contributed by atoms with E-state index in [9.17, 15) is 13.6 Å². The molecule has 1 unspecified atom stereocenters. The Morgan fingerprint density at radius 2 is 2.05 bits per heavy atom. The van der Waals surface area contributed by atoms with E-state index >= 15 is 0 Å². The molecule has 8 heteroatoms. The highest BCUT2D eigenvalue weighted by molar-refractivity contribution is 5.95. The number of ether oxygens (including phenoxy) is 2. The lowest BCUT2D eigenvalue weighted by atomic mass is 9.92. The van der Waals surface area contributed by atoms with E-state index in [-0.39, 0.29) is 30.0 Å². The van der Waals surface area contributed by atoms with Crippen LogP contribution in [-0.2, 0) is 9.53 Å². The summed E-state index contributed by atoms with van der Waals surface area (Å²) >= 11 is 0. The monoisotopic (exact) mass is 336 g/mol. The summed E-state index contributed by atoms with van der Waals surface area (Å²) in [6.45, 7) is -1.70. The van der Waals surface area contributed by atoms with Gasteiger partial charge < -0.3 is 20.5 Å². The highest BCUT2D eigenvalue weighted by atomic mass is 35.5. The summed E-state index contributed by atoms with van der Waals surface area (Å²) in [7, 11) is 0. The first-order valence-corrected chi connectivity index (χ1v) is 6.75. The fourth-order valence-corrected chi connectivity index (χ4v) is 2.26. The largest absolute Gasteiger partial charge is 0.435 e. The highest BCUT2D eigenvalue weighted by Crippen LogP contribution is 2.21. The van der Waals surface area contributed by atoms with E-state index in [0.717, 1.165) is 12.8 Å². The first-order chi connectivity index (χ1) is 10.1. The van der Waals surface area contributed by atoms with E-state index in [1.165, 1.54) is 18.2 Å². The maximum Gasteiger partial charge on any atom is 0.387 e. The molecule has 0 saturated carbocycles. The van der Waals surface area contributed by atoms with Crippen LogP contribution in [0.1, 0.15) is 12.8 Å². The van der Waals surface area contributed by atoms with Gasteiger partial charge in [0.1, 0.15) is 5.75 Å². The van der Waals surface area contributed by atoms with Crippen molar-refractivity contribution in [1.82, 2.24) is 0 Å². The van der Waals surface area contributed by atoms with E-state index in [1.807, 2.05) is 0 Å². The molecule has 5 nitrogen and oxygen atoms in total. The zero-order valence-corrected chi connectivity index (χ0v) is 12.7. The number of halogens is 3. The van der Waals surface area contributed by atoms with E-state index in [2.05, 4.69) is 10.1 Å². The van der Waals surface area contributed by atoms with Gasteiger partial charge in [-0.1, -0.05) is 6.07 Å². The Balaban J connectivity index is 0.00000242. The number of carbonyl (C=O) groups is 1. The summed E-state index contributed by atoms with van der Waals surface area (Å²) in [5.41, 5.74) is 6.32. The molecule has 1 aromatic rings. The zero-order valence-electron chi connectivity index (χ0n) is 11.8. The van der Waals surface area contributed by atoms with Crippen LogP contribution in [0.25, 0.3) is 0 Å². The van der Waals surface area contributed by atoms with Crippen molar-refractivity contribution in [2.75, 3.05) is 18.5 Å². The predicted molar refractivity (Wildman–Crippen MR) is 80.5 cm³/mol. The van der Waals surface area contributed by atoms with E-state index in [1.54, 1.807) is 6.07 Å². The minimum Gasteiger partial charge on any atom is -0.435 e. The molecule has 1 heterocycles. The SMILES string of the molecule is Cl.NC(C(=O)Nc1cccc(OC(F)F)c1)C1CCOCC1. The summed E-state index contributed by atoms with van der Waals surface area (Å²) in [5.74, 6) is -0.280. The fraction of sp³-hybridized carbons (Fsp3) is 0.500. The van der Waals surface area contributed by atoms with Crippen LogP contribution in [0.15, 0.2) is 24.3 Å². The highest BCUT2D eigenvalue weighted by Gasteiger charge is 2.26. The van der Waals surface area contributed by atoms with Gasteiger partial charge in [-0.15, -0.1) is 12.4 Å². The molecule has 0 spiro atoms. The molecule has 22 heavy (non-hydrogen) atoms. The number of anilines is 1. The van der Waals surface area contributed by atoms with Crippen LogP contribution >= 0.6 is 12.4 Å². The van der Waals surface area contributed by atoms with Crippen LogP contribution in [0.3, 0.4) is 0 Å². The van der Waals surface area contributed by atoms with Crippen molar-refractivity contribution in [3.8, 4) is 5.75 Å². The van der Waals surface area contributed by atoms with Gasteiger partial charge in [0.15, 0.2) is 0 Å². The molecule has 0 bridgehead atoms. The van der Waals surface area contributed by atoms with Crippen molar-refractivity contribution >= 4 is 24.0 Å². The summed E-state index contributed by atoms with van der Waals surface area (Å²) in [5, 5.41) is 2.62. The summed E-state index contributed by atoms with van der Waals surface area (Å²) < 4.78 is 33.8. The molecular weight excluding hydrogens is 318 g/mol. The third kappa shape index (κ3) is 5.40. The second-order valence-corrected chi connectivity index (χ2v) is 4.87. The van der Waals surface area contributed by atoms with E-state index < -0.39 is 12.7 Å². The lowest BCUT2D eigenvalue weighted by molar-refractivity contribution is -0.119. The number of rotatable bonds is 5. The van der Waals surface area contributed by atoms with Gasteiger partial charge in [-0.3, -0.25) is 4.79 Å². The van der Waals surface area contributed by atoms with E-state index in [4.69, 9.17) is 10.5 Å².